The van der Waals surface area contributed by atoms with Crippen molar-refractivity contribution in [2.24, 2.45) is 4.99 Å². The van der Waals surface area contributed by atoms with Crippen LogP contribution in [0.5, 0.6) is 5.75 Å². The number of hydrogen-bond acceptors (Lipinski definition) is 6. The Morgan fingerprint density at radius 2 is 2.07 bits per heavy atom. The molecule has 0 radical (unpaired) electrons. The average molecular weight is 392 g/mol. The maximum Gasteiger partial charge on any atom is 0.339 e. The van der Waals surface area contributed by atoms with Crippen molar-refractivity contribution in [2.45, 2.75) is 25.7 Å². The molecule has 2 N–H and O–H groups in total. The summed E-state index contributed by atoms with van der Waals surface area (Å²) in [5.74, 6) is -0.543. The smallest absolute Gasteiger partial charge is 0.339 e. The number of carboxylic acid groups (broad SMARTS) is 1. The second kappa shape index (κ2) is 7.33. The third-order valence-electron chi connectivity index (χ3n) is 4.71. The molecule has 0 saturated carbocycles. The van der Waals surface area contributed by atoms with Gasteiger partial charge in [0.1, 0.15) is 33.9 Å². The van der Waals surface area contributed by atoms with Gasteiger partial charge in [-0.2, -0.15) is 5.26 Å². The van der Waals surface area contributed by atoms with E-state index in [1.807, 2.05) is 0 Å². The minimum absolute atomic E-state index is 0.188. The third kappa shape index (κ3) is 3.30. The van der Waals surface area contributed by atoms with Crippen molar-refractivity contribution in [1.82, 2.24) is 0 Å². The lowest BCUT2D eigenvalue weighted by Gasteiger charge is -2.09. The average Bonchev–Trinajstić information content (AvgIpc) is 3.30. The van der Waals surface area contributed by atoms with E-state index in [1.54, 1.807) is 35.8 Å². The van der Waals surface area contributed by atoms with E-state index in [-0.39, 0.29) is 11.3 Å². The van der Waals surface area contributed by atoms with Crippen LogP contribution in [0.1, 0.15) is 45.0 Å². The fraction of sp³-hybridized carbons (Fsp3) is 0.190. The Bertz CT molecular complexity index is 1130. The predicted octanol–water partition coefficient (Wildman–Crippen LogP) is 4.91. The fourth-order valence-corrected chi connectivity index (χ4v) is 4.50. The molecule has 2 aromatic heterocycles. The zero-order valence-electron chi connectivity index (χ0n) is 14.8. The molecule has 1 aliphatic rings. The summed E-state index contributed by atoms with van der Waals surface area (Å²) in [7, 11) is 0. The van der Waals surface area contributed by atoms with Crippen LogP contribution in [-0.4, -0.2) is 22.4 Å². The molecule has 3 aromatic rings. The van der Waals surface area contributed by atoms with Crippen molar-refractivity contribution in [3.8, 4) is 23.1 Å². The van der Waals surface area contributed by atoms with E-state index in [0.717, 1.165) is 31.2 Å². The highest BCUT2D eigenvalue weighted by Crippen LogP contribution is 2.39. The minimum atomic E-state index is -1.21. The number of rotatable bonds is 4. The van der Waals surface area contributed by atoms with Crippen LogP contribution in [0.2, 0.25) is 0 Å². The van der Waals surface area contributed by atoms with Gasteiger partial charge in [0.25, 0.3) is 0 Å². The van der Waals surface area contributed by atoms with Gasteiger partial charge in [0.15, 0.2) is 0 Å². The first kappa shape index (κ1) is 18.0. The standard InChI is InChI=1S/C21H16N2O4S/c22-10-16-14-3-1-2-4-19(14)28-20(16)23-11-13-6-8-18(27-13)12-5-7-17(24)15(9-12)21(25)26/h5-9,11,24H,1-4H2,(H,25,26). The number of carbonyl (C=O) groups is 1. The highest BCUT2D eigenvalue weighted by molar-refractivity contribution is 7.16. The first-order valence-corrected chi connectivity index (χ1v) is 9.63. The number of aryl methyl sites for hydroxylation is 1. The van der Waals surface area contributed by atoms with E-state index >= 15 is 0 Å². The van der Waals surface area contributed by atoms with E-state index in [0.29, 0.717) is 27.6 Å². The molecule has 0 unspecified atom stereocenters. The fourth-order valence-electron chi connectivity index (χ4n) is 3.32. The molecule has 7 heteroatoms. The molecule has 0 atom stereocenters. The van der Waals surface area contributed by atoms with Gasteiger partial charge in [-0.05, 0) is 61.6 Å². The normalized spacial score (nSPS) is 13.4. The van der Waals surface area contributed by atoms with Crippen molar-refractivity contribution in [1.29, 1.82) is 5.26 Å². The number of carboxylic acids is 1. The highest BCUT2D eigenvalue weighted by atomic mass is 32.1. The Hall–Kier alpha value is -3.37. The maximum absolute atomic E-state index is 11.2. The molecule has 28 heavy (non-hydrogen) atoms. The van der Waals surface area contributed by atoms with Gasteiger partial charge in [-0.1, -0.05) is 0 Å². The molecule has 140 valence electrons. The van der Waals surface area contributed by atoms with Gasteiger partial charge in [0, 0.05) is 10.4 Å². The van der Waals surface area contributed by atoms with Gasteiger partial charge in [-0.25, -0.2) is 9.79 Å². The van der Waals surface area contributed by atoms with Crippen LogP contribution in [0.25, 0.3) is 11.3 Å². The predicted molar refractivity (Wildman–Crippen MR) is 106 cm³/mol. The Morgan fingerprint density at radius 1 is 1.25 bits per heavy atom. The first-order valence-electron chi connectivity index (χ1n) is 8.82. The zero-order valence-corrected chi connectivity index (χ0v) is 15.6. The molecule has 1 aliphatic carbocycles. The Labute approximate surface area is 165 Å². The van der Waals surface area contributed by atoms with Gasteiger partial charge in [-0.3, -0.25) is 0 Å². The quantitative estimate of drug-likeness (QED) is 0.613. The summed E-state index contributed by atoms with van der Waals surface area (Å²) in [5, 5.41) is 29.0. The summed E-state index contributed by atoms with van der Waals surface area (Å²) in [6, 6.07) is 9.99. The van der Waals surface area contributed by atoms with E-state index < -0.39 is 5.97 Å². The zero-order chi connectivity index (χ0) is 19.7. The number of aromatic hydroxyl groups is 1. The largest absolute Gasteiger partial charge is 0.507 e. The van der Waals surface area contributed by atoms with Gasteiger partial charge >= 0.3 is 5.97 Å². The minimum Gasteiger partial charge on any atom is -0.507 e. The number of hydrogen-bond donors (Lipinski definition) is 2. The Balaban J connectivity index is 1.61. The number of benzene rings is 1. The summed E-state index contributed by atoms with van der Waals surface area (Å²) >= 11 is 1.56. The molecule has 6 nitrogen and oxygen atoms in total. The van der Waals surface area contributed by atoms with E-state index in [1.165, 1.54) is 17.0 Å². The number of thiophene rings is 1. The van der Waals surface area contributed by atoms with Crippen LogP contribution in [-0.2, 0) is 12.8 Å². The summed E-state index contributed by atoms with van der Waals surface area (Å²) in [4.78, 5) is 16.9. The summed E-state index contributed by atoms with van der Waals surface area (Å²) < 4.78 is 5.74. The summed E-state index contributed by atoms with van der Waals surface area (Å²) in [6.07, 6.45) is 5.76. The molecule has 0 amide bonds. The van der Waals surface area contributed by atoms with Crippen molar-refractivity contribution < 1.29 is 19.4 Å². The van der Waals surface area contributed by atoms with Crippen LogP contribution >= 0.6 is 11.3 Å². The number of fused-ring (bicyclic) bond motifs is 1. The molecular formula is C21H16N2O4S. The lowest BCUT2D eigenvalue weighted by molar-refractivity contribution is 0.0694. The number of nitrogens with zero attached hydrogens (tertiary/aromatic N) is 2. The SMILES string of the molecule is N#Cc1c(N=Cc2ccc(-c3ccc(O)c(C(=O)O)c3)o2)sc2c1CCCC2. The summed E-state index contributed by atoms with van der Waals surface area (Å²) in [5.41, 5.74) is 2.15. The third-order valence-corrected chi connectivity index (χ3v) is 5.91. The molecule has 1 aromatic carbocycles. The molecule has 0 fully saturated rings. The van der Waals surface area contributed by atoms with Gasteiger partial charge in [0.2, 0.25) is 0 Å². The number of aliphatic imine (C=N–C) groups is 1. The van der Waals surface area contributed by atoms with Crippen molar-refractivity contribution in [2.75, 3.05) is 0 Å². The number of furan rings is 1. The topological polar surface area (TPSA) is 107 Å². The van der Waals surface area contributed by atoms with Crippen molar-refractivity contribution in [3.63, 3.8) is 0 Å². The van der Waals surface area contributed by atoms with E-state index in [9.17, 15) is 15.2 Å². The molecule has 0 bridgehead atoms. The molecular weight excluding hydrogens is 376 g/mol. The van der Waals surface area contributed by atoms with Crippen LogP contribution < -0.4 is 0 Å². The van der Waals surface area contributed by atoms with Crippen molar-refractivity contribution in [3.05, 3.63) is 57.7 Å². The molecule has 0 aliphatic heterocycles. The van der Waals surface area contributed by atoms with Gasteiger partial charge < -0.3 is 14.6 Å². The lowest BCUT2D eigenvalue weighted by atomic mass is 9.96. The number of phenols is 1. The Kier molecular flexibility index (Phi) is 4.72. The lowest BCUT2D eigenvalue weighted by Crippen LogP contribution is -1.99. The summed E-state index contributed by atoms with van der Waals surface area (Å²) in [6.45, 7) is 0. The Morgan fingerprint density at radius 3 is 2.86 bits per heavy atom. The van der Waals surface area contributed by atoms with Gasteiger partial charge in [-0.15, -0.1) is 11.3 Å². The van der Waals surface area contributed by atoms with Gasteiger partial charge in [0.05, 0.1) is 11.8 Å². The van der Waals surface area contributed by atoms with E-state index in [4.69, 9.17) is 9.52 Å². The van der Waals surface area contributed by atoms with E-state index in [2.05, 4.69) is 11.1 Å². The number of nitriles is 1. The van der Waals surface area contributed by atoms with Crippen LogP contribution in [0.3, 0.4) is 0 Å². The second-order valence-electron chi connectivity index (χ2n) is 6.50. The molecule has 4 rings (SSSR count). The highest BCUT2D eigenvalue weighted by Gasteiger charge is 2.20. The first-order chi connectivity index (χ1) is 13.6. The molecule has 2 heterocycles. The maximum atomic E-state index is 11.2. The monoisotopic (exact) mass is 392 g/mol. The second-order valence-corrected chi connectivity index (χ2v) is 7.58. The van der Waals surface area contributed by atoms with Crippen molar-refractivity contribution >= 4 is 28.5 Å². The molecule has 0 spiro atoms. The van der Waals surface area contributed by atoms with Crippen LogP contribution in [0.15, 0.2) is 39.7 Å². The van der Waals surface area contributed by atoms with Crippen LogP contribution in [0, 0.1) is 11.3 Å². The number of aromatic carboxylic acids is 1. The van der Waals surface area contributed by atoms with Crippen LogP contribution in [0.4, 0.5) is 5.00 Å². The molecule has 0 saturated heterocycles.